The minimum absolute atomic E-state index is 0.0133. The van der Waals surface area contributed by atoms with Crippen LogP contribution in [-0.4, -0.2) is 53.3 Å². The molecule has 2 aromatic heterocycles. The number of carbonyl (C=O) groups is 2. The zero-order valence-corrected chi connectivity index (χ0v) is 13.3. The molecule has 2 rings (SSSR count). The van der Waals surface area contributed by atoms with Crippen molar-refractivity contribution in [1.29, 1.82) is 0 Å². The maximum atomic E-state index is 12.0. The van der Waals surface area contributed by atoms with Gasteiger partial charge in [-0.15, -0.1) is 5.10 Å². The number of carboxylic acid groups (broad SMARTS) is 1. The van der Waals surface area contributed by atoms with E-state index in [0.717, 1.165) is 0 Å². The first-order chi connectivity index (χ1) is 10.9. The molecule has 0 saturated heterocycles. The molecule has 2 N–H and O–H groups in total. The highest BCUT2D eigenvalue weighted by Crippen LogP contribution is 2.20. The van der Waals surface area contributed by atoms with Crippen molar-refractivity contribution in [3.8, 4) is 0 Å². The molecule has 0 aliphatic rings. The van der Waals surface area contributed by atoms with Crippen molar-refractivity contribution in [3.05, 3.63) is 25.0 Å². The van der Waals surface area contributed by atoms with E-state index in [1.54, 1.807) is 12.5 Å². The van der Waals surface area contributed by atoms with Crippen molar-refractivity contribution < 1.29 is 14.7 Å². The normalized spacial score (nSPS) is 12.0. The van der Waals surface area contributed by atoms with Crippen LogP contribution in [0.1, 0.15) is 20.8 Å². The highest BCUT2D eigenvalue weighted by molar-refractivity contribution is 5.76. The van der Waals surface area contributed by atoms with Crippen LogP contribution >= 0.6 is 0 Å². The Morgan fingerprint density at radius 1 is 1.39 bits per heavy atom. The lowest BCUT2D eigenvalue weighted by Crippen LogP contribution is -2.47. The van der Waals surface area contributed by atoms with Gasteiger partial charge in [0.2, 0.25) is 5.91 Å². The van der Waals surface area contributed by atoms with Crippen molar-refractivity contribution in [1.82, 2.24) is 35.1 Å². The summed E-state index contributed by atoms with van der Waals surface area (Å²) in [4.78, 5) is 24.4. The summed E-state index contributed by atoms with van der Waals surface area (Å²) in [5.41, 5.74) is -0.0689. The molecular formula is C13H21N7O3. The van der Waals surface area contributed by atoms with E-state index in [1.807, 2.05) is 10.8 Å². The fourth-order valence-corrected chi connectivity index (χ4v) is 1.78. The molecular weight excluding hydrogens is 302 g/mol. The second-order valence-electron chi connectivity index (χ2n) is 5.86. The van der Waals surface area contributed by atoms with Crippen LogP contribution in [0, 0.1) is 5.41 Å². The first-order valence-electron chi connectivity index (χ1n) is 6.90. The summed E-state index contributed by atoms with van der Waals surface area (Å²) in [6, 6.07) is -0.0133. The molecule has 10 nitrogen and oxygen atoms in total. The van der Waals surface area contributed by atoms with E-state index in [0.29, 0.717) is 6.54 Å². The number of tetrazole rings is 1. The highest BCUT2D eigenvalue weighted by atomic mass is 16.3. The molecule has 0 aliphatic carbocycles. The number of rotatable bonds is 5. The minimum atomic E-state index is -0.250. The summed E-state index contributed by atoms with van der Waals surface area (Å²) >= 11 is 0. The summed E-state index contributed by atoms with van der Waals surface area (Å²) in [7, 11) is 0. The summed E-state index contributed by atoms with van der Waals surface area (Å²) in [5.74, 6) is -0.114. The van der Waals surface area contributed by atoms with E-state index in [4.69, 9.17) is 9.90 Å². The highest BCUT2D eigenvalue weighted by Gasteiger charge is 2.26. The topological polar surface area (TPSA) is 128 Å². The zero-order chi connectivity index (χ0) is 17.3. The van der Waals surface area contributed by atoms with Gasteiger partial charge in [0, 0.05) is 18.9 Å². The van der Waals surface area contributed by atoms with E-state index in [9.17, 15) is 4.79 Å². The number of imidazole rings is 1. The second kappa shape index (κ2) is 8.61. The van der Waals surface area contributed by atoms with Crippen molar-refractivity contribution in [2.24, 2.45) is 5.41 Å². The van der Waals surface area contributed by atoms with Gasteiger partial charge >= 0.3 is 0 Å². The number of amides is 1. The minimum Gasteiger partial charge on any atom is -0.483 e. The van der Waals surface area contributed by atoms with E-state index in [1.165, 1.54) is 11.0 Å². The molecule has 0 saturated carbocycles. The number of nitrogens with zero attached hydrogens (tertiary/aromatic N) is 6. The number of hydrogen-bond donors (Lipinski definition) is 2. The number of carbonyl (C=O) groups excluding carboxylic acids is 1. The van der Waals surface area contributed by atoms with Crippen LogP contribution in [-0.2, 0) is 22.7 Å². The standard InChI is InChI=1S/C12H19N7O.CH2O2/c1-12(2,3)10(6-18-5-4-13-8-18)15-11(20)7-19-9-14-16-17-19;2-1-3/h4-5,8-10H,6-7H2,1-3H3,(H,15,20);1H,(H,2,3). The molecule has 2 heterocycles. The van der Waals surface area contributed by atoms with Gasteiger partial charge < -0.3 is 15.0 Å². The first kappa shape index (κ1) is 18.3. The van der Waals surface area contributed by atoms with E-state index >= 15 is 0 Å². The molecule has 0 fully saturated rings. The third-order valence-electron chi connectivity index (χ3n) is 3.03. The largest absolute Gasteiger partial charge is 0.483 e. The van der Waals surface area contributed by atoms with E-state index in [2.05, 4.69) is 46.6 Å². The molecule has 23 heavy (non-hydrogen) atoms. The van der Waals surface area contributed by atoms with Gasteiger partial charge in [-0.3, -0.25) is 9.59 Å². The van der Waals surface area contributed by atoms with Gasteiger partial charge in [0.25, 0.3) is 6.47 Å². The van der Waals surface area contributed by atoms with Crippen LogP contribution < -0.4 is 5.32 Å². The van der Waals surface area contributed by atoms with Crippen LogP contribution in [0.5, 0.6) is 0 Å². The van der Waals surface area contributed by atoms with Gasteiger partial charge in [0.1, 0.15) is 12.9 Å². The average Bonchev–Trinajstić information content (AvgIpc) is 3.11. The SMILES string of the molecule is CC(C)(C)C(Cn1ccnc1)NC(=O)Cn1cnnn1.O=CO. The van der Waals surface area contributed by atoms with Crippen molar-refractivity contribution >= 4 is 12.4 Å². The molecule has 1 atom stereocenters. The van der Waals surface area contributed by atoms with Crippen LogP contribution in [0.4, 0.5) is 0 Å². The molecule has 0 aliphatic heterocycles. The molecule has 0 radical (unpaired) electrons. The molecule has 0 bridgehead atoms. The Kier molecular flexibility index (Phi) is 6.84. The summed E-state index contributed by atoms with van der Waals surface area (Å²) in [5, 5.41) is 20.6. The van der Waals surface area contributed by atoms with E-state index < -0.39 is 0 Å². The summed E-state index contributed by atoms with van der Waals surface area (Å²) < 4.78 is 3.35. The fourth-order valence-electron chi connectivity index (χ4n) is 1.78. The summed E-state index contributed by atoms with van der Waals surface area (Å²) in [6.45, 7) is 6.80. The second-order valence-corrected chi connectivity index (χ2v) is 5.86. The van der Waals surface area contributed by atoms with Crippen molar-refractivity contribution in [2.75, 3.05) is 0 Å². The Morgan fingerprint density at radius 2 is 2.09 bits per heavy atom. The lowest BCUT2D eigenvalue weighted by atomic mass is 9.86. The van der Waals surface area contributed by atoms with Crippen LogP contribution in [0.15, 0.2) is 25.0 Å². The molecule has 0 aromatic carbocycles. The number of nitrogens with one attached hydrogen (secondary N) is 1. The van der Waals surface area contributed by atoms with Gasteiger partial charge in [-0.2, -0.15) is 0 Å². The smallest absolute Gasteiger partial charge is 0.290 e. The number of aromatic nitrogens is 6. The quantitative estimate of drug-likeness (QED) is 0.729. The molecule has 1 unspecified atom stereocenters. The first-order valence-corrected chi connectivity index (χ1v) is 6.90. The Labute approximate surface area is 133 Å². The van der Waals surface area contributed by atoms with Crippen LogP contribution in [0.3, 0.4) is 0 Å². The monoisotopic (exact) mass is 323 g/mol. The zero-order valence-electron chi connectivity index (χ0n) is 13.3. The number of hydrogen-bond acceptors (Lipinski definition) is 6. The van der Waals surface area contributed by atoms with Crippen LogP contribution in [0.2, 0.25) is 0 Å². The van der Waals surface area contributed by atoms with Gasteiger partial charge in [-0.1, -0.05) is 20.8 Å². The Balaban J connectivity index is 0.000000816. The third kappa shape index (κ3) is 6.68. The predicted molar refractivity (Wildman–Crippen MR) is 80.1 cm³/mol. The molecule has 0 spiro atoms. The fraction of sp³-hybridized carbons (Fsp3) is 0.538. The Morgan fingerprint density at radius 3 is 2.57 bits per heavy atom. The maximum absolute atomic E-state index is 12.0. The predicted octanol–water partition coefficient (Wildman–Crippen LogP) is -0.198. The third-order valence-corrected chi connectivity index (χ3v) is 3.03. The lowest BCUT2D eigenvalue weighted by molar-refractivity contribution is -0.124. The average molecular weight is 323 g/mol. The van der Waals surface area contributed by atoms with Gasteiger partial charge in [-0.25, -0.2) is 9.67 Å². The molecule has 126 valence electrons. The van der Waals surface area contributed by atoms with Gasteiger partial charge in [0.15, 0.2) is 0 Å². The lowest BCUT2D eigenvalue weighted by Gasteiger charge is -2.31. The Bertz CT molecular complexity index is 575. The van der Waals surface area contributed by atoms with Crippen molar-refractivity contribution in [2.45, 2.75) is 39.9 Å². The maximum Gasteiger partial charge on any atom is 0.290 e. The molecule has 2 aromatic rings. The van der Waals surface area contributed by atoms with Gasteiger partial charge in [-0.05, 0) is 15.8 Å². The van der Waals surface area contributed by atoms with Crippen molar-refractivity contribution in [3.63, 3.8) is 0 Å². The van der Waals surface area contributed by atoms with Crippen LogP contribution in [0.25, 0.3) is 0 Å². The van der Waals surface area contributed by atoms with Gasteiger partial charge in [0.05, 0.1) is 12.4 Å². The molecule has 1 amide bonds. The van der Waals surface area contributed by atoms with E-state index in [-0.39, 0.29) is 30.4 Å². The Hall–Kier alpha value is -2.78. The summed E-state index contributed by atoms with van der Waals surface area (Å²) in [6.07, 6.45) is 6.77. The molecule has 10 heteroatoms.